The molecule has 0 spiro atoms. The molecule has 4 rings (SSSR count). The van der Waals surface area contributed by atoms with Crippen LogP contribution in [0.15, 0.2) is 41.0 Å². The number of nitrogens with one attached hydrogen (secondary N) is 1. The Balaban J connectivity index is 1.52. The number of carboxylic acid groups (broad SMARTS) is 1. The molecule has 0 aromatic carbocycles. The summed E-state index contributed by atoms with van der Waals surface area (Å²) in [4.78, 5) is 59.0. The first kappa shape index (κ1) is 25.6. The largest absolute Gasteiger partial charge is 0.543 e. The second-order valence-corrected chi connectivity index (χ2v) is 9.49. The molecule has 3 amide bonds. The smallest absolute Gasteiger partial charge is 0.278 e. The van der Waals surface area contributed by atoms with E-state index in [4.69, 9.17) is 22.7 Å². The number of thioether (sulfide) groups is 1. The van der Waals surface area contributed by atoms with E-state index in [0.29, 0.717) is 11.1 Å². The van der Waals surface area contributed by atoms with Crippen LogP contribution < -0.4 is 26.5 Å². The van der Waals surface area contributed by atoms with E-state index in [2.05, 4.69) is 25.8 Å². The van der Waals surface area contributed by atoms with Crippen LogP contribution in [0.1, 0.15) is 16.2 Å². The number of carbonyl (C=O) groups excluding carboxylic acids is 4. The van der Waals surface area contributed by atoms with Gasteiger partial charge in [0.1, 0.15) is 11.4 Å². The van der Waals surface area contributed by atoms with Gasteiger partial charge in [0.2, 0.25) is 17.4 Å². The van der Waals surface area contributed by atoms with Crippen molar-refractivity contribution in [3.05, 3.63) is 47.2 Å². The predicted molar refractivity (Wildman–Crippen MR) is 128 cm³/mol. The SMILES string of the molecule is C#CCO/N=C(/C(=O)NC1C(=O)N2C(C(=O)[O-])=C(C[n+]3ccc(C(N)=O)cc3)CS[C@H]12)c1nsc(N)n1. The third-order valence-electron chi connectivity index (χ3n) is 5.25. The molecule has 1 saturated heterocycles. The zero-order chi connectivity index (χ0) is 26.7. The number of hydrogen-bond donors (Lipinski definition) is 3. The van der Waals surface area contributed by atoms with E-state index in [0.717, 1.165) is 16.4 Å². The van der Waals surface area contributed by atoms with Gasteiger partial charge in [-0.2, -0.15) is 9.36 Å². The number of rotatable bonds is 9. The van der Waals surface area contributed by atoms with Crippen molar-refractivity contribution in [2.24, 2.45) is 10.9 Å². The number of terminal acetylenes is 1. The average Bonchev–Trinajstić information content (AvgIpc) is 3.30. The van der Waals surface area contributed by atoms with Crippen molar-refractivity contribution >= 4 is 57.8 Å². The second kappa shape index (κ2) is 10.6. The molecule has 4 heterocycles. The molecule has 2 atom stereocenters. The molecule has 14 nitrogen and oxygen atoms in total. The molecule has 2 aliphatic rings. The summed E-state index contributed by atoms with van der Waals surface area (Å²) in [5, 5.41) is 17.6. The van der Waals surface area contributed by atoms with Gasteiger partial charge in [-0.3, -0.25) is 19.3 Å². The van der Waals surface area contributed by atoms with E-state index in [1.807, 2.05) is 0 Å². The Morgan fingerprint density at radius 3 is 2.70 bits per heavy atom. The van der Waals surface area contributed by atoms with Crippen molar-refractivity contribution in [2.75, 3.05) is 18.1 Å². The van der Waals surface area contributed by atoms with Gasteiger partial charge in [0.25, 0.3) is 11.8 Å². The summed E-state index contributed by atoms with van der Waals surface area (Å²) in [5.41, 5.74) is 10.9. The van der Waals surface area contributed by atoms with E-state index in [-0.39, 0.29) is 41.3 Å². The normalized spacial score (nSPS) is 18.9. The van der Waals surface area contributed by atoms with Gasteiger partial charge in [0.15, 0.2) is 30.7 Å². The number of amides is 3. The monoisotopic (exact) mass is 542 g/mol. The van der Waals surface area contributed by atoms with Crippen LogP contribution in [0.4, 0.5) is 5.13 Å². The molecule has 0 radical (unpaired) electrons. The maximum absolute atomic E-state index is 13.0. The number of fused-ring (bicyclic) bond motifs is 1. The van der Waals surface area contributed by atoms with Gasteiger partial charge < -0.3 is 31.5 Å². The molecule has 2 aliphatic heterocycles. The molecular weight excluding hydrogens is 524 g/mol. The number of nitrogens with two attached hydrogens (primary N) is 2. The molecule has 0 bridgehead atoms. The first-order valence-corrected chi connectivity index (χ1v) is 12.2. The molecule has 2 aromatic rings. The van der Waals surface area contributed by atoms with Crippen molar-refractivity contribution in [3.8, 4) is 12.3 Å². The van der Waals surface area contributed by atoms with Crippen LogP contribution in [0.3, 0.4) is 0 Å². The highest BCUT2D eigenvalue weighted by Gasteiger charge is 2.53. The Morgan fingerprint density at radius 1 is 1.38 bits per heavy atom. The number of carboxylic acids is 1. The number of nitrogens with zero attached hydrogens (tertiary/aromatic N) is 5. The lowest BCUT2D eigenvalue weighted by Gasteiger charge is -2.50. The highest BCUT2D eigenvalue weighted by atomic mass is 32.2. The zero-order valence-corrected chi connectivity index (χ0v) is 20.5. The summed E-state index contributed by atoms with van der Waals surface area (Å²) in [7, 11) is 0. The molecule has 1 fully saturated rings. The second-order valence-electron chi connectivity index (χ2n) is 7.60. The standard InChI is InChI=1S/C21H18N8O6S2/c1-2-7-35-26-12(16-25-21(23)37-27-16)17(31)24-13-18(32)29-14(20(33)34)11(9-36-19(13)29)8-28-5-3-10(4-6-28)15(22)30/h1,3-6,13,19H,7-9H2,(H5-,22,23,24,25,27,30,31,33,34)/b26-12+/t13?,19-/m1/s1. The van der Waals surface area contributed by atoms with Gasteiger partial charge in [-0.25, -0.2) is 4.57 Å². The third kappa shape index (κ3) is 5.22. The van der Waals surface area contributed by atoms with E-state index >= 15 is 0 Å². The lowest BCUT2D eigenvalue weighted by Crippen LogP contribution is -2.71. The number of nitrogen functional groups attached to an aromatic ring is 1. The number of aromatic nitrogens is 3. The molecule has 0 saturated carbocycles. The molecule has 0 aliphatic carbocycles. The minimum atomic E-state index is -1.53. The fourth-order valence-corrected chi connectivity index (χ4v) is 5.37. The van der Waals surface area contributed by atoms with Crippen LogP contribution >= 0.6 is 23.3 Å². The van der Waals surface area contributed by atoms with Crippen LogP contribution in [0.5, 0.6) is 0 Å². The molecule has 16 heteroatoms. The molecule has 1 unspecified atom stereocenters. The predicted octanol–water partition coefficient (Wildman–Crippen LogP) is -3.04. The third-order valence-corrected chi connectivity index (χ3v) is 7.13. The van der Waals surface area contributed by atoms with Gasteiger partial charge in [-0.1, -0.05) is 11.1 Å². The number of aliphatic carboxylic acids is 1. The number of hydrogen-bond acceptors (Lipinski definition) is 12. The van der Waals surface area contributed by atoms with Gasteiger partial charge in [-0.05, 0) is 0 Å². The number of primary amides is 1. The van der Waals surface area contributed by atoms with Crippen LogP contribution in [-0.2, 0) is 25.8 Å². The van der Waals surface area contributed by atoms with E-state index in [9.17, 15) is 24.3 Å². The van der Waals surface area contributed by atoms with Crippen molar-refractivity contribution < 1.29 is 33.7 Å². The first-order chi connectivity index (χ1) is 17.7. The quantitative estimate of drug-likeness (QED) is 0.0728. The molecular formula is C21H18N8O6S2. The fourth-order valence-electron chi connectivity index (χ4n) is 3.60. The van der Waals surface area contributed by atoms with Crippen molar-refractivity contribution in [3.63, 3.8) is 0 Å². The average molecular weight is 543 g/mol. The number of carbonyl (C=O) groups is 4. The Bertz CT molecular complexity index is 1380. The van der Waals surface area contributed by atoms with Gasteiger partial charge in [0.05, 0.1) is 17.2 Å². The van der Waals surface area contributed by atoms with Gasteiger partial charge >= 0.3 is 0 Å². The number of anilines is 1. The molecule has 5 N–H and O–H groups in total. The van der Waals surface area contributed by atoms with E-state index < -0.39 is 35.1 Å². The summed E-state index contributed by atoms with van der Waals surface area (Å²) in [5.74, 6) is -1.28. The molecule has 37 heavy (non-hydrogen) atoms. The number of β-lactam (4-membered cyclic amide) rings is 1. The highest BCUT2D eigenvalue weighted by molar-refractivity contribution is 8.00. The highest BCUT2D eigenvalue weighted by Crippen LogP contribution is 2.40. The summed E-state index contributed by atoms with van der Waals surface area (Å²) in [6.45, 7) is -0.0973. The molecule has 190 valence electrons. The lowest BCUT2D eigenvalue weighted by molar-refractivity contribution is -0.689. The van der Waals surface area contributed by atoms with Crippen LogP contribution in [0.25, 0.3) is 0 Å². The lowest BCUT2D eigenvalue weighted by atomic mass is 10.0. The van der Waals surface area contributed by atoms with Gasteiger partial charge in [0, 0.05) is 35.0 Å². The fraction of sp³-hybridized carbons (Fsp3) is 0.238. The zero-order valence-electron chi connectivity index (χ0n) is 18.8. The van der Waals surface area contributed by atoms with Crippen molar-refractivity contribution in [2.45, 2.75) is 18.0 Å². The van der Waals surface area contributed by atoms with Gasteiger partial charge in [-0.15, -0.1) is 18.2 Å². The summed E-state index contributed by atoms with van der Waals surface area (Å²) in [6, 6.07) is 1.94. The van der Waals surface area contributed by atoms with Crippen LogP contribution in [-0.4, -0.2) is 67.4 Å². The number of oxime groups is 1. The summed E-state index contributed by atoms with van der Waals surface area (Å²) >= 11 is 2.09. The Morgan fingerprint density at radius 2 is 2.11 bits per heavy atom. The minimum absolute atomic E-state index is 0.0829. The molecule has 2 aromatic heterocycles. The maximum Gasteiger partial charge on any atom is 0.278 e. The minimum Gasteiger partial charge on any atom is -0.543 e. The van der Waals surface area contributed by atoms with Crippen molar-refractivity contribution in [1.29, 1.82) is 0 Å². The van der Waals surface area contributed by atoms with Crippen molar-refractivity contribution in [1.82, 2.24) is 19.6 Å². The Labute approximate surface area is 217 Å². The Hall–Kier alpha value is -4.49. The first-order valence-electron chi connectivity index (χ1n) is 10.4. The number of pyridine rings is 1. The summed E-state index contributed by atoms with van der Waals surface area (Å²) in [6.07, 6.45) is 8.27. The Kier molecular flexibility index (Phi) is 7.36. The van der Waals surface area contributed by atoms with Crippen LogP contribution in [0.2, 0.25) is 0 Å². The van der Waals surface area contributed by atoms with E-state index in [1.165, 1.54) is 23.9 Å². The topological polar surface area (TPSA) is 210 Å². The van der Waals surface area contributed by atoms with E-state index in [1.54, 1.807) is 17.0 Å². The summed E-state index contributed by atoms with van der Waals surface area (Å²) < 4.78 is 5.57. The maximum atomic E-state index is 13.0. The van der Waals surface area contributed by atoms with Crippen LogP contribution in [0, 0.1) is 12.3 Å².